The Hall–Kier alpha value is -2.06. The molecule has 0 aromatic carbocycles. The first kappa shape index (κ1) is 16.3. The molecule has 122 valence electrons. The van der Waals surface area contributed by atoms with E-state index in [4.69, 9.17) is 0 Å². The predicted octanol–water partition coefficient (Wildman–Crippen LogP) is 2.69. The summed E-state index contributed by atoms with van der Waals surface area (Å²) in [6.07, 6.45) is -2.46. The number of likely N-dealkylation sites (tertiary alicyclic amines) is 1. The van der Waals surface area contributed by atoms with Crippen molar-refractivity contribution in [3.05, 3.63) is 18.0 Å². The molecule has 1 aliphatic heterocycles. The lowest BCUT2D eigenvalue weighted by molar-refractivity contribution is -0.138. The number of alkyl halides is 3. The molecule has 0 saturated carbocycles. The van der Waals surface area contributed by atoms with E-state index in [1.165, 1.54) is 4.90 Å². The van der Waals surface area contributed by atoms with Gasteiger partial charge in [0.1, 0.15) is 0 Å². The van der Waals surface area contributed by atoms with Crippen molar-refractivity contribution in [2.45, 2.75) is 32.0 Å². The Balaban J connectivity index is 1.95. The van der Waals surface area contributed by atoms with Crippen LogP contribution in [-0.2, 0) is 6.18 Å². The van der Waals surface area contributed by atoms with Crippen molar-refractivity contribution < 1.29 is 23.1 Å². The summed E-state index contributed by atoms with van der Waals surface area (Å²) in [5.74, 6) is 0.353. The van der Waals surface area contributed by atoms with Crippen LogP contribution in [0.3, 0.4) is 0 Å². The third-order valence-electron chi connectivity index (χ3n) is 3.66. The summed E-state index contributed by atoms with van der Waals surface area (Å²) in [5, 5.41) is 12.0. The number of rotatable bonds is 3. The molecule has 0 radical (unpaired) electrons. The Labute approximate surface area is 125 Å². The Morgan fingerprint density at radius 1 is 1.41 bits per heavy atom. The molecule has 0 bridgehead atoms. The van der Waals surface area contributed by atoms with Crippen LogP contribution in [0.15, 0.2) is 12.4 Å². The fourth-order valence-corrected chi connectivity index (χ4v) is 2.43. The van der Waals surface area contributed by atoms with Crippen LogP contribution in [0.2, 0.25) is 0 Å². The molecule has 2 atom stereocenters. The highest BCUT2D eigenvalue weighted by Crippen LogP contribution is 2.28. The number of nitrogens with one attached hydrogen (secondary N) is 1. The van der Waals surface area contributed by atoms with Crippen molar-refractivity contribution in [3.8, 4) is 0 Å². The highest BCUT2D eigenvalue weighted by atomic mass is 19.4. The summed E-state index contributed by atoms with van der Waals surface area (Å²) >= 11 is 0. The van der Waals surface area contributed by atoms with Crippen LogP contribution < -0.4 is 5.32 Å². The lowest BCUT2D eigenvalue weighted by Gasteiger charge is -2.36. The first-order chi connectivity index (χ1) is 10.3. The van der Waals surface area contributed by atoms with E-state index in [1.807, 2.05) is 6.92 Å². The van der Waals surface area contributed by atoms with Crippen LogP contribution in [0.4, 0.5) is 23.9 Å². The third kappa shape index (κ3) is 3.99. The molecule has 1 aromatic rings. The molecule has 1 fully saturated rings. The highest BCUT2D eigenvalue weighted by molar-refractivity contribution is 5.65. The topological polar surface area (TPSA) is 78.4 Å². The smallest absolute Gasteiger partial charge is 0.419 e. The Morgan fingerprint density at radius 3 is 2.59 bits per heavy atom. The second kappa shape index (κ2) is 6.37. The van der Waals surface area contributed by atoms with Crippen molar-refractivity contribution in [3.63, 3.8) is 0 Å². The summed E-state index contributed by atoms with van der Waals surface area (Å²) in [6, 6.07) is -0.236. The lowest BCUT2D eigenvalue weighted by atomic mass is 9.94. The van der Waals surface area contributed by atoms with Crippen LogP contribution in [0, 0.1) is 5.92 Å². The number of halogens is 3. The summed E-state index contributed by atoms with van der Waals surface area (Å²) in [4.78, 5) is 19.8. The van der Waals surface area contributed by atoms with Gasteiger partial charge < -0.3 is 15.3 Å². The SMILES string of the molecule is C[C@H]1CC[C@@H](CNc2ncc(C(F)(F)F)cn2)N(C(=O)O)C1. The van der Waals surface area contributed by atoms with Gasteiger partial charge in [0.2, 0.25) is 5.95 Å². The largest absolute Gasteiger partial charge is 0.465 e. The van der Waals surface area contributed by atoms with Gasteiger partial charge in [-0.1, -0.05) is 6.92 Å². The van der Waals surface area contributed by atoms with Crippen molar-refractivity contribution in [2.75, 3.05) is 18.4 Å². The molecular formula is C13H17F3N4O2. The molecular weight excluding hydrogens is 301 g/mol. The summed E-state index contributed by atoms with van der Waals surface area (Å²) in [5.41, 5.74) is -0.920. The third-order valence-corrected chi connectivity index (χ3v) is 3.66. The molecule has 6 nitrogen and oxygen atoms in total. The number of nitrogens with zero attached hydrogens (tertiary/aromatic N) is 3. The lowest BCUT2D eigenvalue weighted by Crippen LogP contribution is -2.48. The molecule has 2 heterocycles. The number of amides is 1. The van der Waals surface area contributed by atoms with Gasteiger partial charge in [0.05, 0.1) is 11.6 Å². The Morgan fingerprint density at radius 2 is 2.05 bits per heavy atom. The number of piperidine rings is 1. The maximum absolute atomic E-state index is 12.4. The molecule has 0 unspecified atom stereocenters. The molecule has 9 heteroatoms. The molecule has 22 heavy (non-hydrogen) atoms. The number of carboxylic acid groups (broad SMARTS) is 1. The van der Waals surface area contributed by atoms with Crippen LogP contribution in [0.5, 0.6) is 0 Å². The van der Waals surface area contributed by atoms with Gasteiger partial charge in [-0.25, -0.2) is 14.8 Å². The van der Waals surface area contributed by atoms with Gasteiger partial charge in [0.15, 0.2) is 0 Å². The van der Waals surface area contributed by atoms with Crippen LogP contribution in [0.25, 0.3) is 0 Å². The first-order valence-corrected chi connectivity index (χ1v) is 6.90. The summed E-state index contributed by atoms with van der Waals surface area (Å²) in [6.45, 7) is 2.71. The van der Waals surface area contributed by atoms with E-state index >= 15 is 0 Å². The van der Waals surface area contributed by atoms with E-state index in [-0.39, 0.29) is 18.5 Å². The zero-order valence-electron chi connectivity index (χ0n) is 12.0. The average molecular weight is 318 g/mol. The normalized spacial score (nSPS) is 22.5. The zero-order chi connectivity index (χ0) is 16.3. The minimum atomic E-state index is -4.47. The van der Waals surface area contributed by atoms with Gasteiger partial charge >= 0.3 is 12.3 Å². The summed E-state index contributed by atoms with van der Waals surface area (Å²) < 4.78 is 37.2. The molecule has 2 rings (SSSR count). The number of hydrogen-bond donors (Lipinski definition) is 2. The van der Waals surface area contributed by atoms with Gasteiger partial charge in [-0.2, -0.15) is 13.2 Å². The van der Waals surface area contributed by atoms with E-state index in [0.717, 1.165) is 6.42 Å². The summed E-state index contributed by atoms with van der Waals surface area (Å²) in [7, 11) is 0. The van der Waals surface area contributed by atoms with E-state index in [1.54, 1.807) is 0 Å². The number of carbonyl (C=O) groups is 1. The van der Waals surface area contributed by atoms with Crippen molar-refractivity contribution in [1.29, 1.82) is 0 Å². The maximum Gasteiger partial charge on any atom is 0.419 e. The number of hydrogen-bond acceptors (Lipinski definition) is 4. The number of aromatic nitrogens is 2. The van der Waals surface area contributed by atoms with Crippen LogP contribution in [-0.4, -0.2) is 45.2 Å². The van der Waals surface area contributed by atoms with Gasteiger partial charge in [-0.3, -0.25) is 0 Å². The van der Waals surface area contributed by atoms with E-state index in [9.17, 15) is 23.1 Å². The zero-order valence-corrected chi connectivity index (χ0v) is 12.0. The molecule has 2 N–H and O–H groups in total. The molecule has 1 aromatic heterocycles. The van der Waals surface area contributed by atoms with Gasteiger partial charge in [-0.15, -0.1) is 0 Å². The fourth-order valence-electron chi connectivity index (χ4n) is 2.43. The number of anilines is 1. The van der Waals surface area contributed by atoms with Crippen molar-refractivity contribution >= 4 is 12.0 Å². The minimum absolute atomic E-state index is 0.0527. The van der Waals surface area contributed by atoms with E-state index < -0.39 is 17.8 Å². The van der Waals surface area contributed by atoms with Crippen molar-refractivity contribution in [1.82, 2.24) is 14.9 Å². The van der Waals surface area contributed by atoms with Crippen LogP contribution >= 0.6 is 0 Å². The Bertz CT molecular complexity index is 521. The first-order valence-electron chi connectivity index (χ1n) is 6.90. The van der Waals surface area contributed by atoms with Crippen molar-refractivity contribution in [2.24, 2.45) is 5.92 Å². The Kier molecular flexibility index (Phi) is 4.72. The van der Waals surface area contributed by atoms with Gasteiger partial charge in [-0.05, 0) is 18.8 Å². The van der Waals surface area contributed by atoms with Crippen LogP contribution in [0.1, 0.15) is 25.3 Å². The second-order valence-electron chi connectivity index (χ2n) is 5.45. The standard InChI is InChI=1S/C13H17F3N4O2/c1-8-2-3-10(20(7-8)12(21)22)6-19-11-17-4-9(5-18-11)13(14,15)16/h4-5,8,10H,2-3,6-7H2,1H3,(H,21,22)(H,17,18,19)/t8-,10-/m0/s1. The molecule has 0 spiro atoms. The van der Waals surface area contributed by atoms with E-state index in [2.05, 4.69) is 15.3 Å². The maximum atomic E-state index is 12.4. The van der Waals surface area contributed by atoms with Gasteiger partial charge in [0, 0.05) is 25.5 Å². The predicted molar refractivity (Wildman–Crippen MR) is 72.4 cm³/mol. The highest BCUT2D eigenvalue weighted by Gasteiger charge is 2.32. The second-order valence-corrected chi connectivity index (χ2v) is 5.45. The quantitative estimate of drug-likeness (QED) is 0.896. The molecule has 1 amide bonds. The molecule has 1 saturated heterocycles. The molecule has 1 aliphatic rings. The fraction of sp³-hybridized carbons (Fsp3) is 0.615. The average Bonchev–Trinajstić information content (AvgIpc) is 2.45. The van der Waals surface area contributed by atoms with E-state index in [0.29, 0.717) is 31.3 Å². The minimum Gasteiger partial charge on any atom is -0.465 e. The monoisotopic (exact) mass is 318 g/mol. The molecule has 0 aliphatic carbocycles. The van der Waals surface area contributed by atoms with Gasteiger partial charge in [0.25, 0.3) is 0 Å².